The lowest BCUT2D eigenvalue weighted by Crippen LogP contribution is -2.61. The zero-order valence-electron chi connectivity index (χ0n) is 11.7. The van der Waals surface area contributed by atoms with Gasteiger partial charge in [0.15, 0.2) is 0 Å². The van der Waals surface area contributed by atoms with Gasteiger partial charge >= 0.3 is 0 Å². The summed E-state index contributed by atoms with van der Waals surface area (Å²) < 4.78 is 0. The number of likely N-dealkylation sites (tertiary alicyclic amines) is 1. The standard InChI is InChI=1S/C15H21ClN2O2/c1-2-8-15(20)10-18(11-15)9-7-14(19)17-13-6-4-3-5-12(13)16/h3-6,20H,2,7-11H2,1H3,(H,17,19). The van der Waals surface area contributed by atoms with Gasteiger partial charge < -0.3 is 10.4 Å². The number of aliphatic hydroxyl groups is 1. The van der Waals surface area contributed by atoms with Crippen molar-refractivity contribution in [2.24, 2.45) is 0 Å². The average Bonchev–Trinajstić information content (AvgIpc) is 2.37. The summed E-state index contributed by atoms with van der Waals surface area (Å²) in [4.78, 5) is 13.9. The monoisotopic (exact) mass is 296 g/mol. The molecule has 2 N–H and O–H groups in total. The van der Waals surface area contributed by atoms with Gasteiger partial charge in [-0.3, -0.25) is 9.69 Å². The summed E-state index contributed by atoms with van der Waals surface area (Å²) in [5, 5.41) is 13.4. The van der Waals surface area contributed by atoms with Crippen LogP contribution >= 0.6 is 11.6 Å². The second kappa shape index (κ2) is 6.57. The average molecular weight is 297 g/mol. The molecule has 1 saturated heterocycles. The molecule has 0 aliphatic carbocycles. The Bertz CT molecular complexity index is 473. The number of hydrogen-bond acceptors (Lipinski definition) is 3. The van der Waals surface area contributed by atoms with Crippen molar-refractivity contribution in [2.75, 3.05) is 25.0 Å². The number of β-amino-alcohol motifs (C(OH)–C–C–N with tert-alkyl or cyclic N) is 1. The number of carbonyl (C=O) groups excluding carboxylic acids is 1. The van der Waals surface area contributed by atoms with Gasteiger partial charge in [-0.15, -0.1) is 0 Å². The van der Waals surface area contributed by atoms with Crippen LogP contribution in [0.4, 0.5) is 5.69 Å². The molecular weight excluding hydrogens is 276 g/mol. The van der Waals surface area contributed by atoms with Crippen LogP contribution in [0, 0.1) is 0 Å². The molecule has 2 rings (SSSR count). The van der Waals surface area contributed by atoms with Crippen LogP contribution in [-0.4, -0.2) is 41.1 Å². The van der Waals surface area contributed by atoms with E-state index in [0.717, 1.165) is 12.8 Å². The van der Waals surface area contributed by atoms with Gasteiger partial charge in [-0.05, 0) is 18.6 Å². The number of carbonyl (C=O) groups is 1. The third-order valence-electron chi connectivity index (χ3n) is 3.55. The molecule has 1 heterocycles. The number of nitrogens with one attached hydrogen (secondary N) is 1. The van der Waals surface area contributed by atoms with Crippen LogP contribution in [-0.2, 0) is 4.79 Å². The van der Waals surface area contributed by atoms with Crippen molar-refractivity contribution in [2.45, 2.75) is 31.8 Å². The van der Waals surface area contributed by atoms with Crippen LogP contribution in [0.2, 0.25) is 5.02 Å². The lowest BCUT2D eigenvalue weighted by molar-refractivity contribution is -0.121. The largest absolute Gasteiger partial charge is 0.387 e. The summed E-state index contributed by atoms with van der Waals surface area (Å²) in [7, 11) is 0. The normalized spacial score (nSPS) is 17.6. The predicted octanol–water partition coefficient (Wildman–Crippen LogP) is 2.52. The predicted molar refractivity (Wildman–Crippen MR) is 81.0 cm³/mol. The molecule has 1 aromatic rings. The van der Waals surface area contributed by atoms with E-state index in [1.807, 2.05) is 12.1 Å². The highest BCUT2D eigenvalue weighted by atomic mass is 35.5. The Morgan fingerprint density at radius 3 is 2.80 bits per heavy atom. The molecule has 5 heteroatoms. The first-order valence-electron chi connectivity index (χ1n) is 7.01. The summed E-state index contributed by atoms with van der Waals surface area (Å²) in [6.07, 6.45) is 2.22. The molecule has 0 aromatic heterocycles. The number of benzene rings is 1. The van der Waals surface area contributed by atoms with Gasteiger partial charge in [0.25, 0.3) is 0 Å². The SMILES string of the molecule is CCCC1(O)CN(CCC(=O)Nc2ccccc2Cl)C1. The maximum Gasteiger partial charge on any atom is 0.225 e. The van der Waals surface area contributed by atoms with E-state index < -0.39 is 5.60 Å². The molecule has 4 nitrogen and oxygen atoms in total. The summed E-state index contributed by atoms with van der Waals surface area (Å²) in [6.45, 7) is 4.07. The molecule has 1 fully saturated rings. The van der Waals surface area contributed by atoms with Gasteiger partial charge in [0.05, 0.1) is 16.3 Å². The van der Waals surface area contributed by atoms with E-state index in [1.54, 1.807) is 12.1 Å². The maximum atomic E-state index is 11.8. The van der Waals surface area contributed by atoms with E-state index >= 15 is 0 Å². The van der Waals surface area contributed by atoms with Crippen molar-refractivity contribution >= 4 is 23.2 Å². The molecule has 110 valence electrons. The van der Waals surface area contributed by atoms with Crippen molar-refractivity contribution in [1.82, 2.24) is 4.90 Å². The Morgan fingerprint density at radius 1 is 1.45 bits per heavy atom. The molecule has 1 aliphatic rings. The van der Waals surface area contributed by atoms with Gasteiger partial charge in [-0.25, -0.2) is 0 Å². The third-order valence-corrected chi connectivity index (χ3v) is 3.88. The van der Waals surface area contributed by atoms with E-state index in [9.17, 15) is 9.90 Å². The Balaban J connectivity index is 1.71. The van der Waals surface area contributed by atoms with Gasteiger partial charge in [0.1, 0.15) is 0 Å². The fourth-order valence-electron chi connectivity index (χ4n) is 2.60. The van der Waals surface area contributed by atoms with E-state index in [2.05, 4.69) is 17.1 Å². The number of rotatable bonds is 6. The quantitative estimate of drug-likeness (QED) is 0.848. The highest BCUT2D eigenvalue weighted by Crippen LogP contribution is 2.26. The molecule has 0 saturated carbocycles. The van der Waals surface area contributed by atoms with Gasteiger partial charge in [-0.2, -0.15) is 0 Å². The molecule has 1 aromatic carbocycles. The molecule has 1 amide bonds. The molecule has 1 aliphatic heterocycles. The zero-order valence-corrected chi connectivity index (χ0v) is 12.5. The van der Waals surface area contributed by atoms with Crippen LogP contribution in [0.1, 0.15) is 26.2 Å². The second-order valence-electron chi connectivity index (χ2n) is 5.46. The van der Waals surface area contributed by atoms with Gasteiger partial charge in [0, 0.05) is 26.1 Å². The van der Waals surface area contributed by atoms with Crippen LogP contribution < -0.4 is 5.32 Å². The Kier molecular flexibility index (Phi) is 5.02. The smallest absolute Gasteiger partial charge is 0.225 e. The lowest BCUT2D eigenvalue weighted by atomic mass is 9.89. The fraction of sp³-hybridized carbons (Fsp3) is 0.533. The number of halogens is 1. The highest BCUT2D eigenvalue weighted by molar-refractivity contribution is 6.33. The first-order chi connectivity index (χ1) is 9.52. The number of nitrogens with zero attached hydrogens (tertiary/aromatic N) is 1. The minimum atomic E-state index is -0.534. The molecule has 20 heavy (non-hydrogen) atoms. The number of para-hydroxylation sites is 1. The molecule has 0 atom stereocenters. The van der Waals surface area contributed by atoms with E-state index in [4.69, 9.17) is 11.6 Å². The minimum absolute atomic E-state index is 0.0518. The Labute approximate surface area is 124 Å². The van der Waals surface area contributed by atoms with Crippen LogP contribution in [0.3, 0.4) is 0 Å². The first-order valence-corrected chi connectivity index (χ1v) is 7.39. The third kappa shape index (κ3) is 3.95. The van der Waals surface area contributed by atoms with E-state index in [-0.39, 0.29) is 5.91 Å². The highest BCUT2D eigenvalue weighted by Gasteiger charge is 2.39. The van der Waals surface area contributed by atoms with Gasteiger partial charge in [-0.1, -0.05) is 37.1 Å². The zero-order chi connectivity index (χ0) is 14.6. The molecule has 0 spiro atoms. The van der Waals surface area contributed by atoms with E-state index in [1.165, 1.54) is 0 Å². The van der Waals surface area contributed by atoms with Crippen molar-refractivity contribution in [3.8, 4) is 0 Å². The van der Waals surface area contributed by atoms with E-state index in [0.29, 0.717) is 36.8 Å². The van der Waals surface area contributed by atoms with Crippen molar-refractivity contribution in [3.63, 3.8) is 0 Å². The summed E-state index contributed by atoms with van der Waals surface area (Å²) in [5.74, 6) is -0.0518. The number of amides is 1. The molecular formula is C15H21ClN2O2. The van der Waals surface area contributed by atoms with Crippen LogP contribution in [0.5, 0.6) is 0 Å². The number of hydrogen-bond donors (Lipinski definition) is 2. The summed E-state index contributed by atoms with van der Waals surface area (Å²) >= 11 is 5.98. The fourth-order valence-corrected chi connectivity index (χ4v) is 2.79. The van der Waals surface area contributed by atoms with Crippen LogP contribution in [0.25, 0.3) is 0 Å². The lowest BCUT2D eigenvalue weighted by Gasteiger charge is -2.46. The second-order valence-corrected chi connectivity index (χ2v) is 5.87. The topological polar surface area (TPSA) is 52.6 Å². The molecule has 0 radical (unpaired) electrons. The Morgan fingerprint density at radius 2 is 2.15 bits per heavy atom. The molecule has 0 bridgehead atoms. The van der Waals surface area contributed by atoms with Crippen molar-refractivity contribution < 1.29 is 9.90 Å². The number of anilines is 1. The maximum absolute atomic E-state index is 11.8. The van der Waals surface area contributed by atoms with Crippen molar-refractivity contribution in [3.05, 3.63) is 29.3 Å². The van der Waals surface area contributed by atoms with Crippen LogP contribution in [0.15, 0.2) is 24.3 Å². The summed E-state index contributed by atoms with van der Waals surface area (Å²) in [6, 6.07) is 7.19. The van der Waals surface area contributed by atoms with Crippen molar-refractivity contribution in [1.29, 1.82) is 0 Å². The van der Waals surface area contributed by atoms with Gasteiger partial charge in [0.2, 0.25) is 5.91 Å². The minimum Gasteiger partial charge on any atom is -0.387 e. The first kappa shape index (κ1) is 15.3. The molecule has 0 unspecified atom stereocenters. The summed E-state index contributed by atoms with van der Waals surface area (Å²) in [5.41, 5.74) is 0.110. The Hall–Kier alpha value is -1.10.